The molecular weight excluding hydrogens is 751 g/mol. The minimum absolute atomic E-state index is 0. The molecule has 1 amide bonds. The van der Waals surface area contributed by atoms with Gasteiger partial charge in [0.15, 0.2) is 29.2 Å². The third kappa shape index (κ3) is 14.0. The first kappa shape index (κ1) is 47.9. The predicted octanol–water partition coefficient (Wildman–Crippen LogP) is -2.59. The molecule has 53 heavy (non-hydrogen) atoms. The van der Waals surface area contributed by atoms with E-state index in [1.165, 1.54) is 17.8 Å². The second-order valence-electron chi connectivity index (χ2n) is 15.5. The van der Waals surface area contributed by atoms with Gasteiger partial charge in [-0.1, -0.05) is 5.21 Å². The van der Waals surface area contributed by atoms with Gasteiger partial charge in [0.05, 0.1) is 45.2 Å². The van der Waals surface area contributed by atoms with Crippen LogP contribution < -0.4 is 0 Å². The molecule has 2 saturated heterocycles. The summed E-state index contributed by atoms with van der Waals surface area (Å²) in [5.74, 6) is -0.575. The number of carbonyl (C=O) groups is 1. The molecular formula is C30H60BN4O15Si3. The molecule has 0 saturated carbocycles. The monoisotopic (exact) mass is 811 g/mol. The van der Waals surface area contributed by atoms with Crippen molar-refractivity contribution in [3.8, 4) is 0 Å². The van der Waals surface area contributed by atoms with Gasteiger partial charge >= 0.3 is 8.56 Å². The Kier molecular flexibility index (Phi) is 18.3. The number of hydrogen-bond donors (Lipinski definition) is 8. The van der Waals surface area contributed by atoms with Gasteiger partial charge in [0.25, 0.3) is 0 Å². The van der Waals surface area contributed by atoms with Crippen LogP contribution in [-0.2, 0) is 45.1 Å². The predicted molar refractivity (Wildman–Crippen MR) is 195 cm³/mol. The summed E-state index contributed by atoms with van der Waals surface area (Å²) in [6.07, 6.45) is -14.9. The van der Waals surface area contributed by atoms with Crippen LogP contribution in [0.5, 0.6) is 0 Å². The Bertz CT molecular complexity index is 1240. The smallest absolute Gasteiger partial charge is 0.314 e. The van der Waals surface area contributed by atoms with E-state index in [9.17, 15) is 45.6 Å². The molecule has 2 aliphatic rings. The SMILES string of the molecule is CC(=O)N(Cc1cn(CC(O)COCCC[Si](C)(O[Si](C)(C)C)O[Si](C)(C)C)nn1)[C@@H]1O[C@@H](CO)[C@@H](O[C@@H]2OC(CO)[C@@H](O)[C@H](O)C2O)C(O)C1O.[B]. The Labute approximate surface area is 315 Å². The molecule has 3 heterocycles. The van der Waals surface area contributed by atoms with Crippen molar-refractivity contribution in [2.45, 2.75) is 146 Å². The van der Waals surface area contributed by atoms with E-state index in [1.807, 2.05) is 0 Å². The minimum atomic E-state index is -2.39. The van der Waals surface area contributed by atoms with E-state index in [0.29, 0.717) is 6.61 Å². The fourth-order valence-corrected chi connectivity index (χ4v) is 18.8. The summed E-state index contributed by atoms with van der Waals surface area (Å²) in [5, 5.41) is 90.8. The number of amides is 1. The summed E-state index contributed by atoms with van der Waals surface area (Å²) in [6.45, 7) is 15.0. The number of nitrogens with zero attached hydrogens (tertiary/aromatic N) is 4. The summed E-state index contributed by atoms with van der Waals surface area (Å²) in [6, 6.07) is 0.776. The Balaban J connectivity index is 0.00000972. The second-order valence-corrected chi connectivity index (χ2v) is 28.4. The Morgan fingerprint density at radius 3 is 2.06 bits per heavy atom. The summed E-state index contributed by atoms with van der Waals surface area (Å²) in [5.41, 5.74) is 0.267. The molecule has 0 aromatic carbocycles. The van der Waals surface area contributed by atoms with Crippen LogP contribution in [0, 0.1) is 0 Å². The number of ether oxygens (including phenoxy) is 4. The summed E-state index contributed by atoms with van der Waals surface area (Å²) in [7, 11) is -6.02. The number of hydrogen-bond acceptors (Lipinski definition) is 17. The lowest BCUT2D eigenvalue weighted by Gasteiger charge is -2.48. The summed E-state index contributed by atoms with van der Waals surface area (Å²) < 4.78 is 36.9. The number of carbonyl (C=O) groups excluding carboxylic acids is 1. The van der Waals surface area contributed by atoms with Crippen LogP contribution in [0.1, 0.15) is 19.0 Å². The number of aliphatic hydroxyl groups is 8. The molecule has 8 N–H and O–H groups in total. The molecule has 1 aromatic rings. The van der Waals surface area contributed by atoms with Crippen LogP contribution in [0.2, 0.25) is 51.9 Å². The zero-order valence-corrected chi connectivity index (χ0v) is 34.9. The minimum Gasteiger partial charge on any atom is -0.437 e. The van der Waals surface area contributed by atoms with Gasteiger partial charge in [-0.25, -0.2) is 4.68 Å². The van der Waals surface area contributed by atoms with Gasteiger partial charge in [0, 0.05) is 21.9 Å². The van der Waals surface area contributed by atoms with Crippen molar-refractivity contribution in [2.24, 2.45) is 0 Å². The van der Waals surface area contributed by atoms with Crippen LogP contribution in [0.25, 0.3) is 0 Å². The maximum Gasteiger partial charge on any atom is 0.314 e. The van der Waals surface area contributed by atoms with Crippen molar-refractivity contribution < 1.29 is 72.8 Å². The van der Waals surface area contributed by atoms with Crippen molar-refractivity contribution in [1.82, 2.24) is 19.9 Å². The van der Waals surface area contributed by atoms with E-state index >= 15 is 0 Å². The van der Waals surface area contributed by atoms with E-state index in [4.69, 9.17) is 27.2 Å². The maximum absolute atomic E-state index is 12.7. The van der Waals surface area contributed by atoms with Crippen molar-refractivity contribution in [1.29, 1.82) is 0 Å². The third-order valence-electron chi connectivity index (χ3n) is 8.28. The van der Waals surface area contributed by atoms with E-state index in [1.54, 1.807) is 0 Å². The van der Waals surface area contributed by atoms with Gasteiger partial charge in [-0.2, -0.15) is 0 Å². The lowest BCUT2D eigenvalue weighted by atomic mass is 9.96. The Morgan fingerprint density at radius 1 is 0.906 bits per heavy atom. The standard InChI is InChI=1S/C30H60N4O15Si3.B/c1-18(37)34(29-26(42)25(41)28(22(16-36)45-29)47-30-27(43)24(40)23(39)21(15-35)46-30)13-19-12-33(32-31-19)14-20(38)17-44-10-9-11-52(8,48-50(2,3)4)49-51(5,6)7;/h12,20-30,35-36,38-43H,9-11,13-17H2,1-8H3;/t20?,21?,22-,23+,24-,25?,26?,27?,28+,29+,30-;/m0./s1. The van der Waals surface area contributed by atoms with Crippen LogP contribution in [-0.4, -0.2) is 194 Å². The fraction of sp³-hybridized carbons (Fsp3) is 0.900. The molecule has 305 valence electrons. The number of aliphatic hydroxyl groups excluding tert-OH is 8. The van der Waals surface area contributed by atoms with Crippen LogP contribution in [0.15, 0.2) is 6.20 Å². The zero-order valence-electron chi connectivity index (χ0n) is 31.9. The van der Waals surface area contributed by atoms with E-state index in [0.717, 1.165) is 17.4 Å². The first-order valence-corrected chi connectivity index (χ1v) is 26.8. The highest BCUT2D eigenvalue weighted by Crippen LogP contribution is 2.31. The highest BCUT2D eigenvalue weighted by Gasteiger charge is 2.52. The first-order valence-electron chi connectivity index (χ1n) is 17.5. The molecule has 1 aromatic heterocycles. The Morgan fingerprint density at radius 2 is 1.51 bits per heavy atom. The molecule has 23 heteroatoms. The van der Waals surface area contributed by atoms with Crippen LogP contribution in [0.3, 0.4) is 0 Å². The van der Waals surface area contributed by atoms with E-state index in [2.05, 4.69) is 56.1 Å². The average Bonchev–Trinajstić information content (AvgIpc) is 3.46. The lowest BCUT2D eigenvalue weighted by Crippen LogP contribution is -2.66. The van der Waals surface area contributed by atoms with Gasteiger partial charge in [-0.05, 0) is 58.3 Å². The lowest BCUT2D eigenvalue weighted by molar-refractivity contribution is -0.348. The van der Waals surface area contributed by atoms with Gasteiger partial charge in [-0.3, -0.25) is 4.79 Å². The van der Waals surface area contributed by atoms with Gasteiger partial charge in [0.1, 0.15) is 54.5 Å². The van der Waals surface area contributed by atoms with Crippen molar-refractivity contribution in [2.75, 3.05) is 26.4 Å². The van der Waals surface area contributed by atoms with Crippen molar-refractivity contribution in [3.05, 3.63) is 11.9 Å². The molecule has 5 unspecified atom stereocenters. The zero-order chi connectivity index (χ0) is 39.2. The average molecular weight is 812 g/mol. The van der Waals surface area contributed by atoms with Crippen LogP contribution >= 0.6 is 0 Å². The quantitative estimate of drug-likeness (QED) is 0.0526. The summed E-state index contributed by atoms with van der Waals surface area (Å²) in [4.78, 5) is 13.8. The van der Waals surface area contributed by atoms with Gasteiger partial charge < -0.3 is 72.9 Å². The second kappa shape index (κ2) is 20.3. The van der Waals surface area contributed by atoms with Crippen molar-refractivity contribution >= 4 is 39.5 Å². The topological polar surface area (TPSA) is 268 Å². The summed E-state index contributed by atoms with van der Waals surface area (Å²) >= 11 is 0. The molecule has 2 aliphatic heterocycles. The number of aromatic nitrogens is 3. The van der Waals surface area contributed by atoms with E-state index in [-0.39, 0.29) is 33.8 Å². The molecule has 11 atom stereocenters. The molecule has 0 spiro atoms. The molecule has 0 aliphatic carbocycles. The van der Waals surface area contributed by atoms with Crippen LogP contribution in [0.4, 0.5) is 0 Å². The molecule has 19 nitrogen and oxygen atoms in total. The largest absolute Gasteiger partial charge is 0.437 e. The van der Waals surface area contributed by atoms with Gasteiger partial charge in [-0.15, -0.1) is 5.10 Å². The number of rotatable bonds is 19. The normalized spacial score (nSPS) is 30.5. The van der Waals surface area contributed by atoms with Crippen molar-refractivity contribution in [3.63, 3.8) is 0 Å². The van der Waals surface area contributed by atoms with E-state index < -0.39 is 112 Å². The Hall–Kier alpha value is -1.23. The fourth-order valence-electron chi connectivity index (χ4n) is 6.28. The highest BCUT2D eigenvalue weighted by molar-refractivity contribution is 6.87. The third-order valence-corrected chi connectivity index (χ3v) is 17.9. The molecule has 2 fully saturated rings. The van der Waals surface area contributed by atoms with Gasteiger partial charge in [0.2, 0.25) is 5.91 Å². The first-order chi connectivity index (χ1) is 24.1. The molecule has 3 rings (SSSR count). The molecule has 0 bridgehead atoms. The maximum atomic E-state index is 12.7. The molecule has 3 radical (unpaired) electrons. The highest BCUT2D eigenvalue weighted by atomic mass is 28.5.